The second-order valence-corrected chi connectivity index (χ2v) is 5.51. The van der Waals surface area contributed by atoms with E-state index in [0.717, 1.165) is 22.3 Å². The van der Waals surface area contributed by atoms with Crippen LogP contribution in [0.4, 0.5) is 0 Å². The Morgan fingerprint density at radius 1 is 1.23 bits per heavy atom. The summed E-state index contributed by atoms with van der Waals surface area (Å²) in [6.45, 7) is 0.538. The van der Waals surface area contributed by atoms with Gasteiger partial charge in [0.25, 0.3) is 5.91 Å². The summed E-state index contributed by atoms with van der Waals surface area (Å²) in [5.41, 5.74) is 4.16. The van der Waals surface area contributed by atoms with Gasteiger partial charge >= 0.3 is 0 Å². The fourth-order valence-electron chi connectivity index (χ4n) is 2.46. The minimum atomic E-state index is -0.114. The quantitative estimate of drug-likeness (QED) is 0.728. The van der Waals surface area contributed by atoms with Crippen molar-refractivity contribution in [3.8, 4) is 11.3 Å². The number of carbonyl (C=O) groups excluding carboxylic acids is 1. The Kier molecular flexibility index (Phi) is 4.15. The fraction of sp³-hybridized carbons (Fsp3) is 0.176. The van der Waals surface area contributed by atoms with Crippen LogP contribution in [0.3, 0.4) is 0 Å². The lowest BCUT2D eigenvalue weighted by molar-refractivity contribution is 0.0957. The van der Waals surface area contributed by atoms with Gasteiger partial charge < -0.3 is 9.88 Å². The van der Waals surface area contributed by atoms with Crippen molar-refractivity contribution in [2.24, 2.45) is 7.05 Å². The molecule has 112 valence electrons. The van der Waals surface area contributed by atoms with Gasteiger partial charge in [-0.15, -0.1) is 0 Å². The molecule has 1 N–H and O–H groups in total. The van der Waals surface area contributed by atoms with Gasteiger partial charge in [-0.1, -0.05) is 30.3 Å². The molecule has 3 aromatic rings. The number of amides is 1. The van der Waals surface area contributed by atoms with Crippen LogP contribution in [0.2, 0.25) is 0 Å². The highest BCUT2D eigenvalue weighted by molar-refractivity contribution is 7.80. The lowest BCUT2D eigenvalue weighted by Gasteiger charge is -2.04. The average Bonchev–Trinajstić information content (AvgIpc) is 2.90. The van der Waals surface area contributed by atoms with Gasteiger partial charge in [-0.2, -0.15) is 12.6 Å². The molecule has 0 atom stereocenters. The lowest BCUT2D eigenvalue weighted by atomic mass is 10.1. The Hall–Kier alpha value is -2.27. The summed E-state index contributed by atoms with van der Waals surface area (Å²) < 4.78 is 1.92. The summed E-state index contributed by atoms with van der Waals surface area (Å²) in [5, 5.41) is 2.84. The van der Waals surface area contributed by atoms with E-state index in [1.54, 1.807) is 0 Å². The van der Waals surface area contributed by atoms with Gasteiger partial charge in [-0.3, -0.25) is 4.79 Å². The summed E-state index contributed by atoms with van der Waals surface area (Å²) in [6.07, 6.45) is 1.82. The van der Waals surface area contributed by atoms with Gasteiger partial charge in [0, 0.05) is 31.1 Å². The van der Waals surface area contributed by atoms with Crippen molar-refractivity contribution >= 4 is 29.6 Å². The van der Waals surface area contributed by atoms with E-state index < -0.39 is 0 Å². The minimum Gasteiger partial charge on any atom is -0.351 e. The zero-order valence-electron chi connectivity index (χ0n) is 12.3. The van der Waals surface area contributed by atoms with Crippen LogP contribution in [0.5, 0.6) is 0 Å². The van der Waals surface area contributed by atoms with Gasteiger partial charge in [-0.25, -0.2) is 4.98 Å². The molecular formula is C17H17N3OS. The molecule has 0 aliphatic rings. The van der Waals surface area contributed by atoms with Crippen LogP contribution in [-0.4, -0.2) is 27.8 Å². The number of hydrogen-bond acceptors (Lipinski definition) is 3. The number of carbonyl (C=O) groups is 1. The molecule has 0 fully saturated rings. The second kappa shape index (κ2) is 6.23. The monoisotopic (exact) mass is 311 g/mol. The standard InChI is InChI=1S/C17H17N3OS/c1-20-11-13(17(21)18-9-10-22)16-15(20)8-7-14(19-16)12-5-3-2-4-6-12/h2-8,11,22H,9-10H2,1H3,(H,18,21). The molecule has 2 aromatic heterocycles. The molecular weight excluding hydrogens is 294 g/mol. The molecule has 3 rings (SSSR count). The zero-order valence-corrected chi connectivity index (χ0v) is 13.2. The van der Waals surface area contributed by atoms with E-state index in [9.17, 15) is 4.79 Å². The first-order chi connectivity index (χ1) is 10.7. The highest BCUT2D eigenvalue weighted by Gasteiger charge is 2.15. The van der Waals surface area contributed by atoms with Crippen LogP contribution in [0.25, 0.3) is 22.3 Å². The van der Waals surface area contributed by atoms with Crippen molar-refractivity contribution in [1.29, 1.82) is 0 Å². The number of nitrogens with zero attached hydrogens (tertiary/aromatic N) is 2. The molecule has 2 heterocycles. The maximum Gasteiger partial charge on any atom is 0.255 e. The number of aryl methyl sites for hydroxylation is 1. The molecule has 0 unspecified atom stereocenters. The van der Waals surface area contributed by atoms with Crippen molar-refractivity contribution in [2.75, 3.05) is 12.3 Å². The van der Waals surface area contributed by atoms with Crippen LogP contribution in [0.1, 0.15) is 10.4 Å². The molecule has 0 aliphatic carbocycles. The first-order valence-corrected chi connectivity index (χ1v) is 7.74. The molecule has 1 amide bonds. The Balaban J connectivity index is 2.08. The molecule has 0 spiro atoms. The molecule has 22 heavy (non-hydrogen) atoms. The minimum absolute atomic E-state index is 0.114. The van der Waals surface area contributed by atoms with Crippen molar-refractivity contribution in [1.82, 2.24) is 14.9 Å². The number of rotatable bonds is 4. The highest BCUT2D eigenvalue weighted by Crippen LogP contribution is 2.24. The summed E-state index contributed by atoms with van der Waals surface area (Å²) >= 11 is 4.11. The van der Waals surface area contributed by atoms with Crippen LogP contribution >= 0.6 is 12.6 Å². The topological polar surface area (TPSA) is 46.9 Å². The van der Waals surface area contributed by atoms with E-state index in [4.69, 9.17) is 4.98 Å². The number of aromatic nitrogens is 2. The third-order valence-electron chi connectivity index (χ3n) is 3.54. The third-order valence-corrected chi connectivity index (χ3v) is 3.77. The Labute approximate surface area is 134 Å². The predicted molar refractivity (Wildman–Crippen MR) is 92.3 cm³/mol. The molecule has 4 nitrogen and oxygen atoms in total. The smallest absolute Gasteiger partial charge is 0.255 e. The normalized spacial score (nSPS) is 10.8. The number of nitrogens with one attached hydrogen (secondary N) is 1. The number of fused-ring (bicyclic) bond motifs is 1. The highest BCUT2D eigenvalue weighted by atomic mass is 32.1. The van der Waals surface area contributed by atoms with Crippen LogP contribution in [0, 0.1) is 0 Å². The van der Waals surface area contributed by atoms with E-state index in [-0.39, 0.29) is 5.91 Å². The maximum atomic E-state index is 12.3. The van der Waals surface area contributed by atoms with Crippen LogP contribution in [0.15, 0.2) is 48.7 Å². The molecule has 0 saturated heterocycles. The largest absolute Gasteiger partial charge is 0.351 e. The van der Waals surface area contributed by atoms with Gasteiger partial charge in [0.05, 0.1) is 16.8 Å². The second-order valence-electron chi connectivity index (χ2n) is 5.06. The number of benzene rings is 1. The van der Waals surface area contributed by atoms with E-state index in [2.05, 4.69) is 17.9 Å². The Bertz CT molecular complexity index is 811. The summed E-state index contributed by atoms with van der Waals surface area (Å²) in [6, 6.07) is 13.9. The SMILES string of the molecule is Cn1cc(C(=O)NCCS)c2nc(-c3ccccc3)ccc21. The van der Waals surface area contributed by atoms with E-state index >= 15 is 0 Å². The first kappa shape index (κ1) is 14.7. The summed E-state index contributed by atoms with van der Waals surface area (Å²) in [5.74, 6) is 0.497. The maximum absolute atomic E-state index is 12.3. The summed E-state index contributed by atoms with van der Waals surface area (Å²) in [7, 11) is 1.92. The van der Waals surface area contributed by atoms with Crippen LogP contribution < -0.4 is 5.32 Å². The molecule has 0 aliphatic heterocycles. The van der Waals surface area contributed by atoms with Gasteiger partial charge in [0.2, 0.25) is 0 Å². The van der Waals surface area contributed by atoms with Crippen molar-refractivity contribution < 1.29 is 4.79 Å². The number of hydrogen-bond donors (Lipinski definition) is 2. The molecule has 1 aromatic carbocycles. The Morgan fingerprint density at radius 2 is 2.00 bits per heavy atom. The van der Waals surface area contributed by atoms with Gasteiger partial charge in [-0.05, 0) is 12.1 Å². The van der Waals surface area contributed by atoms with Crippen molar-refractivity contribution in [3.63, 3.8) is 0 Å². The number of thiol groups is 1. The zero-order chi connectivity index (χ0) is 15.5. The Morgan fingerprint density at radius 3 is 2.73 bits per heavy atom. The average molecular weight is 311 g/mol. The molecule has 5 heteroatoms. The number of pyridine rings is 1. The summed E-state index contributed by atoms with van der Waals surface area (Å²) in [4.78, 5) is 17.0. The van der Waals surface area contributed by atoms with E-state index in [0.29, 0.717) is 17.9 Å². The van der Waals surface area contributed by atoms with Gasteiger partial charge in [0.1, 0.15) is 5.52 Å². The predicted octanol–water partition coefficient (Wildman–Crippen LogP) is 2.90. The molecule has 0 saturated carbocycles. The van der Waals surface area contributed by atoms with Crippen molar-refractivity contribution in [2.45, 2.75) is 0 Å². The van der Waals surface area contributed by atoms with Crippen molar-refractivity contribution in [3.05, 3.63) is 54.2 Å². The van der Waals surface area contributed by atoms with E-state index in [1.807, 2.05) is 60.3 Å². The van der Waals surface area contributed by atoms with Gasteiger partial charge in [0.15, 0.2) is 0 Å². The fourth-order valence-corrected chi connectivity index (χ4v) is 2.57. The first-order valence-electron chi connectivity index (χ1n) is 7.11. The third kappa shape index (κ3) is 2.72. The van der Waals surface area contributed by atoms with Crippen LogP contribution in [-0.2, 0) is 7.05 Å². The van der Waals surface area contributed by atoms with E-state index in [1.165, 1.54) is 0 Å². The lowest BCUT2D eigenvalue weighted by Crippen LogP contribution is -2.25. The molecule has 0 bridgehead atoms. The molecule has 0 radical (unpaired) electrons.